The first-order valence-corrected chi connectivity index (χ1v) is 7.35. The molecule has 0 amide bonds. The minimum atomic E-state index is -4.35. The Morgan fingerprint density at radius 2 is 2.00 bits per heavy atom. The van der Waals surface area contributed by atoms with Gasteiger partial charge in [-0.15, -0.1) is 0 Å². The van der Waals surface area contributed by atoms with Crippen LogP contribution in [0.1, 0.15) is 50.3 Å². The Hall–Kier alpha value is -1.07. The molecule has 1 fully saturated rings. The summed E-state index contributed by atoms with van der Waals surface area (Å²) < 4.78 is 39.3. The second kappa shape index (κ2) is 5.97. The molecule has 5 heteroatoms. The van der Waals surface area contributed by atoms with Gasteiger partial charge in [0.15, 0.2) is 0 Å². The van der Waals surface area contributed by atoms with Crippen LogP contribution in [0.5, 0.6) is 0 Å². The number of benzene rings is 1. The molecule has 2 nitrogen and oxygen atoms in total. The number of hydrogen-bond acceptors (Lipinski definition) is 2. The molecular weight excluding hydrogens is 277 g/mol. The van der Waals surface area contributed by atoms with Crippen LogP contribution >= 0.6 is 0 Å². The van der Waals surface area contributed by atoms with Crippen molar-refractivity contribution < 1.29 is 13.2 Å². The van der Waals surface area contributed by atoms with E-state index in [2.05, 4.69) is 19.2 Å². The minimum absolute atomic E-state index is 0.157. The van der Waals surface area contributed by atoms with Gasteiger partial charge in [0.05, 0.1) is 5.56 Å². The van der Waals surface area contributed by atoms with Crippen molar-refractivity contribution in [1.82, 2.24) is 5.32 Å². The molecule has 1 saturated carbocycles. The summed E-state index contributed by atoms with van der Waals surface area (Å²) >= 11 is 0. The van der Waals surface area contributed by atoms with E-state index in [9.17, 15) is 13.2 Å². The molecule has 118 valence electrons. The molecule has 21 heavy (non-hydrogen) atoms. The van der Waals surface area contributed by atoms with Gasteiger partial charge in [0.2, 0.25) is 0 Å². The summed E-state index contributed by atoms with van der Waals surface area (Å²) in [5, 5.41) is 3.33. The number of rotatable bonds is 4. The zero-order valence-corrected chi connectivity index (χ0v) is 12.5. The number of alkyl halides is 3. The molecule has 0 aliphatic heterocycles. The molecule has 1 aromatic carbocycles. The van der Waals surface area contributed by atoms with Crippen molar-refractivity contribution in [3.8, 4) is 0 Å². The molecule has 0 saturated heterocycles. The third-order valence-electron chi connectivity index (χ3n) is 4.28. The van der Waals surface area contributed by atoms with Crippen molar-refractivity contribution in [2.45, 2.75) is 51.4 Å². The summed E-state index contributed by atoms with van der Waals surface area (Å²) in [6.07, 6.45) is -1.31. The summed E-state index contributed by atoms with van der Waals surface area (Å²) in [6, 6.07) is 5.47. The molecule has 2 atom stereocenters. The van der Waals surface area contributed by atoms with E-state index in [1.54, 1.807) is 6.07 Å². The van der Waals surface area contributed by atoms with Gasteiger partial charge in [0.1, 0.15) is 0 Å². The summed E-state index contributed by atoms with van der Waals surface area (Å²) in [7, 11) is 0. The van der Waals surface area contributed by atoms with E-state index in [0.29, 0.717) is 0 Å². The van der Waals surface area contributed by atoms with Gasteiger partial charge in [0.25, 0.3) is 0 Å². The van der Waals surface area contributed by atoms with Gasteiger partial charge >= 0.3 is 6.18 Å². The van der Waals surface area contributed by atoms with Gasteiger partial charge in [-0.2, -0.15) is 13.2 Å². The van der Waals surface area contributed by atoms with E-state index in [1.165, 1.54) is 12.1 Å². The molecule has 0 radical (unpaired) electrons. The average molecular weight is 300 g/mol. The van der Waals surface area contributed by atoms with Crippen LogP contribution in [0.25, 0.3) is 0 Å². The molecule has 2 rings (SSSR count). The van der Waals surface area contributed by atoms with Crippen molar-refractivity contribution >= 4 is 0 Å². The third-order valence-corrected chi connectivity index (χ3v) is 4.28. The number of halogens is 3. The second-order valence-corrected chi connectivity index (χ2v) is 6.64. The molecule has 0 bridgehead atoms. The number of nitrogens with one attached hydrogen (secondary N) is 1. The molecule has 0 aromatic heterocycles. The van der Waals surface area contributed by atoms with Gasteiger partial charge in [-0.3, -0.25) is 0 Å². The zero-order valence-electron chi connectivity index (χ0n) is 12.5. The lowest BCUT2D eigenvalue weighted by Crippen LogP contribution is -2.36. The molecule has 0 heterocycles. The Morgan fingerprint density at radius 3 is 2.52 bits per heavy atom. The Bertz CT molecular complexity index is 483. The molecule has 0 spiro atoms. The van der Waals surface area contributed by atoms with Crippen molar-refractivity contribution in [2.75, 3.05) is 6.54 Å². The monoisotopic (exact) mass is 300 g/mol. The van der Waals surface area contributed by atoms with Crippen LogP contribution < -0.4 is 11.1 Å². The van der Waals surface area contributed by atoms with Gasteiger partial charge in [-0.05, 0) is 36.3 Å². The summed E-state index contributed by atoms with van der Waals surface area (Å²) in [4.78, 5) is 0. The van der Waals surface area contributed by atoms with Gasteiger partial charge in [-0.1, -0.05) is 32.0 Å². The maximum atomic E-state index is 13.1. The van der Waals surface area contributed by atoms with E-state index in [0.717, 1.165) is 25.3 Å². The second-order valence-electron chi connectivity index (χ2n) is 6.64. The molecule has 2 unspecified atom stereocenters. The van der Waals surface area contributed by atoms with Crippen molar-refractivity contribution in [3.63, 3.8) is 0 Å². The van der Waals surface area contributed by atoms with E-state index in [-0.39, 0.29) is 23.6 Å². The van der Waals surface area contributed by atoms with Crippen molar-refractivity contribution in [3.05, 3.63) is 35.4 Å². The Labute approximate surface area is 123 Å². The SMILES string of the molecule is CC1(C)CCC(NC(CN)c2ccccc2C(F)(F)F)C1. The van der Waals surface area contributed by atoms with Crippen LogP contribution in [0.3, 0.4) is 0 Å². The van der Waals surface area contributed by atoms with Gasteiger partial charge < -0.3 is 11.1 Å². The highest BCUT2D eigenvalue weighted by Crippen LogP contribution is 2.39. The topological polar surface area (TPSA) is 38.0 Å². The molecule has 1 aliphatic rings. The van der Waals surface area contributed by atoms with E-state index in [1.807, 2.05) is 0 Å². The minimum Gasteiger partial charge on any atom is -0.329 e. The predicted octanol–water partition coefficient (Wildman–Crippen LogP) is 3.87. The fraction of sp³-hybridized carbons (Fsp3) is 0.625. The van der Waals surface area contributed by atoms with E-state index >= 15 is 0 Å². The first kappa shape index (κ1) is 16.3. The van der Waals surface area contributed by atoms with Crippen molar-refractivity contribution in [2.24, 2.45) is 11.1 Å². The number of hydrogen-bond donors (Lipinski definition) is 2. The summed E-state index contributed by atoms with van der Waals surface area (Å²) in [5.74, 6) is 0. The third kappa shape index (κ3) is 3.98. The average Bonchev–Trinajstić information content (AvgIpc) is 2.74. The standard InChI is InChI=1S/C16H23F3N2/c1-15(2)8-7-11(9-15)21-14(10-20)12-5-3-4-6-13(12)16(17,18)19/h3-6,11,14,21H,7-10,20H2,1-2H3. The van der Waals surface area contributed by atoms with Crippen LogP contribution in [0.4, 0.5) is 13.2 Å². The first-order valence-electron chi connectivity index (χ1n) is 7.35. The van der Waals surface area contributed by atoms with E-state index in [4.69, 9.17) is 5.73 Å². The lowest BCUT2D eigenvalue weighted by Gasteiger charge is -2.26. The highest BCUT2D eigenvalue weighted by molar-refractivity contribution is 5.32. The van der Waals surface area contributed by atoms with Gasteiger partial charge in [0, 0.05) is 18.6 Å². The highest BCUT2D eigenvalue weighted by Gasteiger charge is 2.36. The first-order chi connectivity index (χ1) is 9.73. The van der Waals surface area contributed by atoms with Crippen LogP contribution in [0.2, 0.25) is 0 Å². The van der Waals surface area contributed by atoms with Crippen LogP contribution in [-0.4, -0.2) is 12.6 Å². The highest BCUT2D eigenvalue weighted by atomic mass is 19.4. The smallest absolute Gasteiger partial charge is 0.329 e. The molecular formula is C16H23F3N2. The Kier molecular flexibility index (Phi) is 4.63. The Morgan fingerprint density at radius 1 is 1.33 bits per heavy atom. The Balaban J connectivity index is 2.19. The molecule has 1 aromatic rings. The normalized spacial score (nSPS) is 23.2. The van der Waals surface area contributed by atoms with Crippen LogP contribution in [0.15, 0.2) is 24.3 Å². The largest absolute Gasteiger partial charge is 0.416 e. The van der Waals surface area contributed by atoms with E-state index < -0.39 is 17.8 Å². The van der Waals surface area contributed by atoms with Crippen LogP contribution in [-0.2, 0) is 6.18 Å². The number of nitrogens with two attached hydrogens (primary N) is 1. The maximum absolute atomic E-state index is 13.1. The lowest BCUT2D eigenvalue weighted by atomic mass is 9.91. The van der Waals surface area contributed by atoms with Crippen LogP contribution in [0, 0.1) is 5.41 Å². The predicted molar refractivity (Wildman–Crippen MR) is 77.8 cm³/mol. The van der Waals surface area contributed by atoms with Gasteiger partial charge in [-0.25, -0.2) is 0 Å². The maximum Gasteiger partial charge on any atom is 0.416 e. The quantitative estimate of drug-likeness (QED) is 0.885. The summed E-state index contributed by atoms with van der Waals surface area (Å²) in [5.41, 5.74) is 5.64. The fourth-order valence-corrected chi connectivity index (χ4v) is 3.21. The summed E-state index contributed by atoms with van der Waals surface area (Å²) in [6.45, 7) is 4.54. The van der Waals surface area contributed by atoms with Crippen molar-refractivity contribution in [1.29, 1.82) is 0 Å². The fourth-order valence-electron chi connectivity index (χ4n) is 3.21. The molecule has 1 aliphatic carbocycles. The lowest BCUT2D eigenvalue weighted by molar-refractivity contribution is -0.138. The zero-order chi connectivity index (χ0) is 15.7. The molecule has 3 N–H and O–H groups in total.